The fourth-order valence-corrected chi connectivity index (χ4v) is 4.73. The van der Waals surface area contributed by atoms with Crippen molar-refractivity contribution < 1.29 is 13.2 Å². The number of aromatic nitrogens is 2. The fourth-order valence-electron chi connectivity index (χ4n) is 2.86. The van der Waals surface area contributed by atoms with Crippen molar-refractivity contribution in [3.05, 3.63) is 11.4 Å². The molecule has 8 heteroatoms. The monoisotopic (exact) mass is 328 g/mol. The zero-order chi connectivity index (χ0) is 16.5. The van der Waals surface area contributed by atoms with E-state index in [9.17, 15) is 13.2 Å². The van der Waals surface area contributed by atoms with E-state index in [1.807, 2.05) is 6.92 Å². The predicted molar refractivity (Wildman–Crippen MR) is 82.9 cm³/mol. The average Bonchev–Trinajstić information content (AvgIpc) is 2.66. The van der Waals surface area contributed by atoms with Crippen molar-refractivity contribution in [2.24, 2.45) is 7.05 Å². The van der Waals surface area contributed by atoms with Crippen LogP contribution in [-0.2, 0) is 21.9 Å². The molecule has 124 valence electrons. The quantitative estimate of drug-likeness (QED) is 0.817. The van der Waals surface area contributed by atoms with Gasteiger partial charge in [0.2, 0.25) is 15.9 Å². The van der Waals surface area contributed by atoms with Gasteiger partial charge in [0.15, 0.2) is 0 Å². The minimum absolute atomic E-state index is 0.0768. The van der Waals surface area contributed by atoms with Crippen LogP contribution < -0.4 is 0 Å². The van der Waals surface area contributed by atoms with Gasteiger partial charge in [-0.05, 0) is 20.3 Å². The molecule has 2 heterocycles. The Kier molecular flexibility index (Phi) is 4.91. The lowest BCUT2D eigenvalue weighted by Gasteiger charge is -2.21. The summed E-state index contributed by atoms with van der Waals surface area (Å²) in [6.07, 6.45) is 1.11. The molecule has 0 bridgehead atoms. The first-order valence-corrected chi connectivity index (χ1v) is 9.01. The summed E-state index contributed by atoms with van der Waals surface area (Å²) in [7, 11) is -1.83. The number of carbonyl (C=O) groups is 1. The van der Waals surface area contributed by atoms with E-state index >= 15 is 0 Å². The van der Waals surface area contributed by atoms with Crippen LogP contribution >= 0.6 is 0 Å². The summed E-state index contributed by atoms with van der Waals surface area (Å²) >= 11 is 0. The van der Waals surface area contributed by atoms with E-state index in [-0.39, 0.29) is 5.91 Å². The first kappa shape index (κ1) is 17.0. The van der Waals surface area contributed by atoms with E-state index in [0.29, 0.717) is 55.3 Å². The van der Waals surface area contributed by atoms with E-state index in [4.69, 9.17) is 0 Å². The number of amides is 1. The lowest BCUT2D eigenvalue weighted by atomic mass is 10.3. The van der Waals surface area contributed by atoms with Gasteiger partial charge in [0.1, 0.15) is 4.90 Å². The van der Waals surface area contributed by atoms with E-state index in [1.165, 1.54) is 4.31 Å². The molecular formula is C14H24N4O3S. The van der Waals surface area contributed by atoms with Crippen LogP contribution in [0.15, 0.2) is 4.90 Å². The summed E-state index contributed by atoms with van der Waals surface area (Å²) in [5.41, 5.74) is 1.16. The molecule has 0 aliphatic carbocycles. The Labute approximate surface area is 131 Å². The third kappa shape index (κ3) is 3.03. The Morgan fingerprint density at radius 1 is 1.18 bits per heavy atom. The van der Waals surface area contributed by atoms with Crippen molar-refractivity contribution in [1.29, 1.82) is 0 Å². The Bertz CT molecular complexity index is 666. The summed E-state index contributed by atoms with van der Waals surface area (Å²) in [5.74, 6) is 0.0768. The highest BCUT2D eigenvalue weighted by molar-refractivity contribution is 7.89. The molecule has 0 aromatic carbocycles. The van der Waals surface area contributed by atoms with Crippen molar-refractivity contribution in [3.8, 4) is 0 Å². The Balaban J connectivity index is 2.25. The topological polar surface area (TPSA) is 75.5 Å². The summed E-state index contributed by atoms with van der Waals surface area (Å²) in [4.78, 5) is 13.8. The van der Waals surface area contributed by atoms with E-state index in [2.05, 4.69) is 5.10 Å². The van der Waals surface area contributed by atoms with Crippen molar-refractivity contribution in [2.75, 3.05) is 26.2 Å². The number of aryl methyl sites for hydroxylation is 2. The first-order chi connectivity index (χ1) is 10.3. The second kappa shape index (κ2) is 6.37. The van der Waals surface area contributed by atoms with E-state index < -0.39 is 10.0 Å². The smallest absolute Gasteiger partial charge is 0.246 e. The van der Waals surface area contributed by atoms with E-state index in [1.54, 1.807) is 30.5 Å². The zero-order valence-corrected chi connectivity index (χ0v) is 14.5. The SMILES string of the molecule is CCC(=O)N1CCCN(S(=O)(=O)c2c(C)nn(C)c2C)CC1. The van der Waals surface area contributed by atoms with Crippen molar-refractivity contribution in [2.45, 2.75) is 38.5 Å². The van der Waals surface area contributed by atoms with Crippen molar-refractivity contribution in [3.63, 3.8) is 0 Å². The zero-order valence-electron chi connectivity index (χ0n) is 13.7. The molecule has 0 spiro atoms. The molecule has 0 atom stereocenters. The van der Waals surface area contributed by atoms with Crippen molar-refractivity contribution in [1.82, 2.24) is 19.0 Å². The largest absolute Gasteiger partial charge is 0.341 e. The highest BCUT2D eigenvalue weighted by Gasteiger charge is 2.32. The summed E-state index contributed by atoms with van der Waals surface area (Å²) in [5, 5.41) is 4.20. The molecule has 22 heavy (non-hydrogen) atoms. The van der Waals surface area contributed by atoms with Gasteiger partial charge < -0.3 is 4.90 Å². The molecule has 1 fully saturated rings. The van der Waals surface area contributed by atoms with Gasteiger partial charge in [0.05, 0.1) is 11.4 Å². The Morgan fingerprint density at radius 2 is 1.86 bits per heavy atom. The third-order valence-electron chi connectivity index (χ3n) is 4.15. The number of sulfonamides is 1. The molecule has 7 nitrogen and oxygen atoms in total. The molecule has 0 radical (unpaired) electrons. The highest BCUT2D eigenvalue weighted by Crippen LogP contribution is 2.24. The molecule has 0 N–H and O–H groups in total. The third-order valence-corrected chi connectivity index (χ3v) is 6.30. The van der Waals surface area contributed by atoms with E-state index in [0.717, 1.165) is 0 Å². The number of nitrogens with zero attached hydrogens (tertiary/aromatic N) is 4. The molecule has 1 aromatic rings. The summed E-state index contributed by atoms with van der Waals surface area (Å²) in [6.45, 7) is 7.13. The first-order valence-electron chi connectivity index (χ1n) is 7.57. The molecule has 0 unspecified atom stereocenters. The fraction of sp³-hybridized carbons (Fsp3) is 0.714. The number of hydrogen-bond acceptors (Lipinski definition) is 4. The maximum atomic E-state index is 12.9. The lowest BCUT2D eigenvalue weighted by Crippen LogP contribution is -2.37. The van der Waals surface area contributed by atoms with Gasteiger partial charge >= 0.3 is 0 Å². The number of carbonyl (C=O) groups excluding carboxylic acids is 1. The van der Waals surface area contributed by atoms with Crippen LogP contribution in [0.25, 0.3) is 0 Å². The van der Waals surface area contributed by atoms with Crippen LogP contribution in [0.4, 0.5) is 0 Å². The second-order valence-electron chi connectivity index (χ2n) is 5.62. The van der Waals surface area contributed by atoms with Gasteiger partial charge in [0, 0.05) is 39.6 Å². The maximum Gasteiger partial charge on any atom is 0.246 e. The van der Waals surface area contributed by atoms with Gasteiger partial charge in [0.25, 0.3) is 0 Å². The summed E-state index contributed by atoms with van der Waals surface area (Å²) < 4.78 is 28.9. The van der Waals surface area contributed by atoms with Gasteiger partial charge in [-0.25, -0.2) is 8.42 Å². The molecule has 1 aliphatic heterocycles. The van der Waals surface area contributed by atoms with Crippen LogP contribution in [-0.4, -0.2) is 59.5 Å². The van der Waals surface area contributed by atoms with Gasteiger partial charge in [-0.2, -0.15) is 9.40 Å². The summed E-state index contributed by atoms with van der Waals surface area (Å²) in [6, 6.07) is 0. The van der Waals surface area contributed by atoms with Gasteiger partial charge in [-0.1, -0.05) is 6.92 Å². The average molecular weight is 328 g/mol. The Morgan fingerprint density at radius 3 is 2.41 bits per heavy atom. The number of rotatable bonds is 3. The maximum absolute atomic E-state index is 12.9. The molecule has 1 aliphatic rings. The lowest BCUT2D eigenvalue weighted by molar-refractivity contribution is -0.130. The van der Waals surface area contributed by atoms with Gasteiger partial charge in [-0.3, -0.25) is 9.48 Å². The minimum atomic E-state index is -3.57. The predicted octanol–water partition coefficient (Wildman–Crippen LogP) is 0.670. The normalized spacial score (nSPS) is 17.5. The second-order valence-corrected chi connectivity index (χ2v) is 7.49. The van der Waals surface area contributed by atoms with Crippen LogP contribution in [0.1, 0.15) is 31.2 Å². The molecule has 1 saturated heterocycles. The van der Waals surface area contributed by atoms with Crippen LogP contribution in [0.5, 0.6) is 0 Å². The molecular weight excluding hydrogens is 304 g/mol. The number of hydrogen-bond donors (Lipinski definition) is 0. The minimum Gasteiger partial charge on any atom is -0.341 e. The van der Waals surface area contributed by atoms with Crippen molar-refractivity contribution >= 4 is 15.9 Å². The standard InChI is InChI=1S/C14H24N4O3S/c1-5-13(19)17-7-6-8-18(10-9-17)22(20,21)14-11(2)15-16(4)12(14)3/h5-10H2,1-4H3. The van der Waals surface area contributed by atoms with Crippen LogP contribution in [0.2, 0.25) is 0 Å². The highest BCUT2D eigenvalue weighted by atomic mass is 32.2. The Hall–Kier alpha value is -1.41. The molecule has 0 saturated carbocycles. The molecule has 1 aromatic heterocycles. The van der Waals surface area contributed by atoms with Gasteiger partial charge in [-0.15, -0.1) is 0 Å². The molecule has 2 rings (SSSR count). The molecule has 1 amide bonds. The van der Waals surface area contributed by atoms with Crippen LogP contribution in [0.3, 0.4) is 0 Å². The van der Waals surface area contributed by atoms with Crippen LogP contribution in [0, 0.1) is 13.8 Å².